The van der Waals surface area contributed by atoms with Gasteiger partial charge in [0.25, 0.3) is 5.91 Å². The van der Waals surface area contributed by atoms with Crippen LogP contribution in [0.15, 0.2) is 36.7 Å². The first-order chi connectivity index (χ1) is 15.1. The summed E-state index contributed by atoms with van der Waals surface area (Å²) in [5.74, 6) is 0.139. The highest BCUT2D eigenvalue weighted by Gasteiger charge is 2.44. The van der Waals surface area contributed by atoms with Crippen LogP contribution < -0.4 is 10.2 Å². The Bertz CT molecular complexity index is 1200. The van der Waals surface area contributed by atoms with Gasteiger partial charge < -0.3 is 20.1 Å². The molecule has 5 heterocycles. The fourth-order valence-corrected chi connectivity index (χ4v) is 4.04. The Labute approximate surface area is 178 Å². The molecule has 0 saturated carbocycles. The fraction of sp³-hybridized carbons (Fsp3) is 0.318. The third-order valence-electron chi connectivity index (χ3n) is 5.89. The van der Waals surface area contributed by atoms with Crippen LogP contribution in [0.5, 0.6) is 5.75 Å². The van der Waals surface area contributed by atoms with Crippen LogP contribution in [0.4, 0.5) is 5.82 Å². The zero-order valence-electron chi connectivity index (χ0n) is 16.7. The van der Waals surface area contributed by atoms with E-state index in [1.54, 1.807) is 18.2 Å². The molecule has 0 unspecified atom stereocenters. The maximum absolute atomic E-state index is 12.5. The minimum absolute atomic E-state index is 0.0598. The lowest BCUT2D eigenvalue weighted by atomic mass is 9.85. The number of amides is 1. The highest BCUT2D eigenvalue weighted by molar-refractivity contribution is 6.00. The summed E-state index contributed by atoms with van der Waals surface area (Å²) in [6.45, 7) is 3.64. The molecular weight excluding hydrogens is 396 g/mol. The van der Waals surface area contributed by atoms with Crippen molar-refractivity contribution in [3.05, 3.63) is 53.6 Å². The van der Waals surface area contributed by atoms with Gasteiger partial charge in [-0.1, -0.05) is 6.07 Å². The number of carbonyl (C=O) groups is 1. The molecule has 0 atom stereocenters. The number of hydrogen-bond acceptors (Lipinski definition) is 8. The lowest BCUT2D eigenvalue weighted by Gasteiger charge is -2.37. The number of aromatic hydroxyl groups is 1. The summed E-state index contributed by atoms with van der Waals surface area (Å²) in [6.07, 6.45) is 4.12. The van der Waals surface area contributed by atoms with Crippen molar-refractivity contribution < 1.29 is 14.6 Å². The Morgan fingerprint density at radius 3 is 2.81 bits per heavy atom. The van der Waals surface area contributed by atoms with Crippen molar-refractivity contribution >= 4 is 22.6 Å². The maximum Gasteiger partial charge on any atom is 0.274 e. The van der Waals surface area contributed by atoms with Gasteiger partial charge in [0.15, 0.2) is 11.4 Å². The van der Waals surface area contributed by atoms with Crippen LogP contribution in [0.3, 0.4) is 0 Å². The molecule has 0 bridgehead atoms. The van der Waals surface area contributed by atoms with Crippen molar-refractivity contribution in [1.82, 2.24) is 20.3 Å². The SMILES string of the molecule is N#Cc1ccc(CNC(=O)c2ncc3nc(N4CCC5(COC5)C4)ccc3c2O)cn1. The molecule has 0 aromatic carbocycles. The summed E-state index contributed by atoms with van der Waals surface area (Å²) in [6, 6.07) is 8.88. The van der Waals surface area contributed by atoms with Gasteiger partial charge in [-0.15, -0.1) is 0 Å². The first-order valence-electron chi connectivity index (χ1n) is 10.0. The molecule has 1 amide bonds. The molecule has 0 aliphatic carbocycles. The van der Waals surface area contributed by atoms with E-state index in [-0.39, 0.29) is 23.4 Å². The molecule has 3 aromatic heterocycles. The molecule has 1 spiro atoms. The molecule has 9 heteroatoms. The van der Waals surface area contributed by atoms with E-state index >= 15 is 0 Å². The van der Waals surface area contributed by atoms with Crippen LogP contribution in [0.1, 0.15) is 28.2 Å². The quantitative estimate of drug-likeness (QED) is 0.659. The van der Waals surface area contributed by atoms with E-state index in [1.165, 1.54) is 12.4 Å². The average Bonchev–Trinajstić information content (AvgIpc) is 3.24. The number of nitriles is 1. The van der Waals surface area contributed by atoms with Gasteiger partial charge in [-0.3, -0.25) is 4.79 Å². The van der Waals surface area contributed by atoms with E-state index in [2.05, 4.69) is 25.2 Å². The Hall–Kier alpha value is -3.77. The molecule has 2 saturated heterocycles. The number of aromatic nitrogens is 3. The summed E-state index contributed by atoms with van der Waals surface area (Å²) in [5, 5.41) is 22.6. The van der Waals surface area contributed by atoms with Crippen LogP contribution >= 0.6 is 0 Å². The average molecular weight is 416 g/mol. The zero-order chi connectivity index (χ0) is 21.4. The predicted octanol–water partition coefficient (Wildman–Crippen LogP) is 1.76. The summed E-state index contributed by atoms with van der Waals surface area (Å²) in [5.41, 5.74) is 1.77. The third-order valence-corrected chi connectivity index (χ3v) is 5.89. The van der Waals surface area contributed by atoms with Crippen LogP contribution in [-0.4, -0.2) is 52.3 Å². The number of nitrogens with zero attached hydrogens (tertiary/aromatic N) is 5. The summed E-state index contributed by atoms with van der Waals surface area (Å²) < 4.78 is 5.38. The molecule has 2 N–H and O–H groups in total. The topological polar surface area (TPSA) is 124 Å². The molecule has 2 aliphatic rings. The summed E-state index contributed by atoms with van der Waals surface area (Å²) in [7, 11) is 0. The smallest absolute Gasteiger partial charge is 0.274 e. The Morgan fingerprint density at radius 2 is 2.13 bits per heavy atom. The second kappa shape index (κ2) is 7.49. The van der Waals surface area contributed by atoms with Crippen molar-refractivity contribution in [2.24, 2.45) is 5.41 Å². The number of pyridine rings is 3. The van der Waals surface area contributed by atoms with Gasteiger partial charge in [0.1, 0.15) is 17.6 Å². The fourth-order valence-electron chi connectivity index (χ4n) is 4.04. The largest absolute Gasteiger partial charge is 0.505 e. The highest BCUT2D eigenvalue weighted by atomic mass is 16.5. The van der Waals surface area contributed by atoms with Crippen molar-refractivity contribution in [2.45, 2.75) is 13.0 Å². The molecular formula is C22H20N6O3. The molecule has 31 heavy (non-hydrogen) atoms. The number of anilines is 1. The lowest BCUT2D eigenvalue weighted by Crippen LogP contribution is -2.44. The van der Waals surface area contributed by atoms with Crippen LogP contribution in [0.25, 0.3) is 10.9 Å². The summed E-state index contributed by atoms with van der Waals surface area (Å²) >= 11 is 0. The van der Waals surface area contributed by atoms with E-state index in [9.17, 15) is 9.90 Å². The van der Waals surface area contributed by atoms with Crippen molar-refractivity contribution in [3.8, 4) is 11.8 Å². The van der Waals surface area contributed by atoms with Crippen LogP contribution in [0, 0.1) is 16.7 Å². The van der Waals surface area contributed by atoms with E-state index in [4.69, 9.17) is 10.00 Å². The van der Waals surface area contributed by atoms with E-state index in [0.29, 0.717) is 16.6 Å². The van der Waals surface area contributed by atoms with Crippen molar-refractivity contribution in [1.29, 1.82) is 5.26 Å². The lowest BCUT2D eigenvalue weighted by molar-refractivity contribution is -0.0985. The number of ether oxygens (including phenoxy) is 1. The molecule has 9 nitrogen and oxygen atoms in total. The number of hydrogen-bond donors (Lipinski definition) is 2. The Morgan fingerprint density at radius 1 is 1.26 bits per heavy atom. The molecule has 5 rings (SSSR count). The van der Waals surface area contributed by atoms with E-state index in [1.807, 2.05) is 12.1 Å². The van der Waals surface area contributed by atoms with Crippen LogP contribution in [-0.2, 0) is 11.3 Å². The van der Waals surface area contributed by atoms with Gasteiger partial charge in [0.2, 0.25) is 0 Å². The Balaban J connectivity index is 1.32. The number of rotatable bonds is 4. The van der Waals surface area contributed by atoms with Crippen LogP contribution in [0.2, 0.25) is 0 Å². The zero-order valence-corrected chi connectivity index (χ0v) is 16.7. The molecule has 156 valence electrons. The summed E-state index contributed by atoms with van der Waals surface area (Å²) in [4.78, 5) is 27.5. The normalized spacial score (nSPS) is 16.8. The maximum atomic E-state index is 12.5. The van der Waals surface area contributed by atoms with Gasteiger partial charge in [0.05, 0.1) is 24.9 Å². The number of nitrogens with one attached hydrogen (secondary N) is 1. The first kappa shape index (κ1) is 19.2. The molecule has 0 radical (unpaired) electrons. The second-order valence-electron chi connectivity index (χ2n) is 8.07. The van der Waals surface area contributed by atoms with Crippen molar-refractivity contribution in [3.63, 3.8) is 0 Å². The number of fused-ring (bicyclic) bond motifs is 1. The molecule has 2 fully saturated rings. The van der Waals surface area contributed by atoms with Crippen molar-refractivity contribution in [2.75, 3.05) is 31.2 Å². The minimum Gasteiger partial charge on any atom is -0.505 e. The Kier molecular flexibility index (Phi) is 4.64. The second-order valence-corrected chi connectivity index (χ2v) is 8.07. The standard InChI is InChI=1S/C22H20N6O3/c23-7-15-2-1-14(8-24-15)9-26-21(30)19-20(29)16-3-4-18(27-17(16)10-25-19)28-6-5-22(11-28)12-31-13-22/h1-4,8,10,29H,5-6,9,11-13H2,(H,26,30). The first-order valence-corrected chi connectivity index (χ1v) is 10.0. The monoisotopic (exact) mass is 416 g/mol. The van der Waals surface area contributed by atoms with Gasteiger partial charge in [-0.25, -0.2) is 15.0 Å². The van der Waals surface area contributed by atoms with Gasteiger partial charge in [-0.05, 0) is 30.2 Å². The van der Waals surface area contributed by atoms with Gasteiger partial charge in [-0.2, -0.15) is 5.26 Å². The predicted molar refractivity (Wildman–Crippen MR) is 111 cm³/mol. The molecule has 3 aromatic rings. The van der Waals surface area contributed by atoms with Gasteiger partial charge >= 0.3 is 0 Å². The third kappa shape index (κ3) is 3.51. The minimum atomic E-state index is -0.501. The van der Waals surface area contributed by atoms with E-state index in [0.717, 1.165) is 44.1 Å². The number of carbonyl (C=O) groups excluding carboxylic acids is 1. The van der Waals surface area contributed by atoms with Gasteiger partial charge in [0, 0.05) is 36.6 Å². The molecule has 2 aliphatic heterocycles. The highest BCUT2D eigenvalue weighted by Crippen LogP contribution is 2.39. The van der Waals surface area contributed by atoms with E-state index < -0.39 is 5.91 Å².